The summed E-state index contributed by atoms with van der Waals surface area (Å²) < 4.78 is 0. The zero-order valence-corrected chi connectivity index (χ0v) is 9.29. The Bertz CT molecular complexity index is 510. The van der Waals surface area contributed by atoms with Crippen LogP contribution in [0.3, 0.4) is 0 Å². The molecule has 2 aromatic rings. The van der Waals surface area contributed by atoms with E-state index in [9.17, 15) is 4.79 Å². The fourth-order valence-electron chi connectivity index (χ4n) is 1.65. The third-order valence-electron chi connectivity index (χ3n) is 2.54. The van der Waals surface area contributed by atoms with Crippen molar-refractivity contribution in [3.63, 3.8) is 0 Å². The number of tetrazole rings is 1. The van der Waals surface area contributed by atoms with Crippen LogP contribution in [-0.4, -0.2) is 31.7 Å². The Labute approximate surface area is 97.7 Å². The molecular weight excluding hydrogens is 220 g/mol. The number of hydrogen-bond donors (Lipinski definition) is 2. The first-order valence-electron chi connectivity index (χ1n) is 5.22. The molecule has 0 saturated heterocycles. The predicted octanol–water partition coefficient (Wildman–Crippen LogP) is 1.44. The van der Waals surface area contributed by atoms with Gasteiger partial charge in [-0.2, -0.15) is 5.21 Å². The highest BCUT2D eigenvalue weighted by Gasteiger charge is 2.11. The topological polar surface area (TPSA) is 91.8 Å². The SMILES string of the molecule is CC(CC(=O)O)c1cccc(-c2nn[nH]n2)c1. The second-order valence-electron chi connectivity index (χ2n) is 3.86. The number of rotatable bonds is 4. The van der Waals surface area contributed by atoms with Crippen LogP contribution in [0.15, 0.2) is 24.3 Å². The minimum absolute atomic E-state index is 0.0423. The molecule has 1 atom stereocenters. The summed E-state index contributed by atoms with van der Waals surface area (Å²) in [4.78, 5) is 10.7. The number of carboxylic acid groups (broad SMARTS) is 1. The minimum Gasteiger partial charge on any atom is -0.481 e. The fourth-order valence-corrected chi connectivity index (χ4v) is 1.65. The lowest BCUT2D eigenvalue weighted by Gasteiger charge is -2.09. The molecule has 0 fully saturated rings. The lowest BCUT2D eigenvalue weighted by atomic mass is 9.96. The van der Waals surface area contributed by atoms with Gasteiger partial charge >= 0.3 is 5.97 Å². The smallest absolute Gasteiger partial charge is 0.303 e. The summed E-state index contributed by atoms with van der Waals surface area (Å²) in [5.41, 5.74) is 1.78. The number of carboxylic acids is 1. The second kappa shape index (κ2) is 4.73. The van der Waals surface area contributed by atoms with Crippen molar-refractivity contribution < 1.29 is 9.90 Å². The number of nitrogens with zero attached hydrogens (tertiary/aromatic N) is 3. The fraction of sp³-hybridized carbons (Fsp3) is 0.273. The standard InChI is InChI=1S/C11H12N4O2/c1-7(5-10(16)17)8-3-2-4-9(6-8)11-12-14-15-13-11/h2-4,6-7H,5H2,1H3,(H,16,17)(H,12,13,14,15). The summed E-state index contributed by atoms with van der Waals surface area (Å²) in [6, 6.07) is 7.51. The van der Waals surface area contributed by atoms with Crippen molar-refractivity contribution >= 4 is 5.97 Å². The Morgan fingerprint density at radius 3 is 3.00 bits per heavy atom. The number of carbonyl (C=O) groups is 1. The van der Waals surface area contributed by atoms with Crippen LogP contribution in [0.5, 0.6) is 0 Å². The van der Waals surface area contributed by atoms with E-state index < -0.39 is 5.97 Å². The van der Waals surface area contributed by atoms with Crippen molar-refractivity contribution in [2.45, 2.75) is 19.3 Å². The van der Waals surface area contributed by atoms with Crippen LogP contribution < -0.4 is 0 Å². The molecule has 2 rings (SSSR count). The van der Waals surface area contributed by atoms with Gasteiger partial charge in [-0.1, -0.05) is 25.1 Å². The van der Waals surface area contributed by atoms with Gasteiger partial charge in [-0.3, -0.25) is 4.79 Å². The molecule has 0 aliphatic heterocycles. The van der Waals surface area contributed by atoms with Crippen LogP contribution in [0.25, 0.3) is 11.4 Å². The summed E-state index contributed by atoms with van der Waals surface area (Å²) in [6.07, 6.45) is 0.107. The quantitative estimate of drug-likeness (QED) is 0.832. The number of aliphatic carboxylic acids is 1. The molecule has 17 heavy (non-hydrogen) atoms. The van der Waals surface area contributed by atoms with Gasteiger partial charge in [0.2, 0.25) is 5.82 Å². The highest BCUT2D eigenvalue weighted by atomic mass is 16.4. The molecule has 0 amide bonds. The van der Waals surface area contributed by atoms with E-state index in [1.54, 1.807) is 0 Å². The summed E-state index contributed by atoms with van der Waals surface area (Å²) in [6.45, 7) is 1.88. The lowest BCUT2D eigenvalue weighted by Crippen LogP contribution is -2.02. The number of aromatic nitrogens is 4. The Hall–Kier alpha value is -2.24. The first-order valence-corrected chi connectivity index (χ1v) is 5.22. The van der Waals surface area contributed by atoms with Gasteiger partial charge in [-0.25, -0.2) is 0 Å². The zero-order valence-electron chi connectivity index (χ0n) is 9.29. The van der Waals surface area contributed by atoms with E-state index in [4.69, 9.17) is 5.11 Å². The van der Waals surface area contributed by atoms with Gasteiger partial charge in [0.05, 0.1) is 6.42 Å². The highest BCUT2D eigenvalue weighted by Crippen LogP contribution is 2.23. The molecular formula is C11H12N4O2. The summed E-state index contributed by atoms with van der Waals surface area (Å²) >= 11 is 0. The number of hydrogen-bond acceptors (Lipinski definition) is 4. The molecule has 1 heterocycles. The molecule has 1 aromatic heterocycles. The molecule has 0 aliphatic rings. The van der Waals surface area contributed by atoms with E-state index in [0.717, 1.165) is 11.1 Å². The average molecular weight is 232 g/mol. The van der Waals surface area contributed by atoms with Crippen LogP contribution >= 0.6 is 0 Å². The molecule has 1 aromatic carbocycles. The Kier molecular flexibility index (Phi) is 3.13. The first-order chi connectivity index (χ1) is 8.16. The van der Waals surface area contributed by atoms with E-state index in [-0.39, 0.29) is 12.3 Å². The molecule has 0 aliphatic carbocycles. The van der Waals surface area contributed by atoms with Crippen LogP contribution in [0.1, 0.15) is 24.8 Å². The van der Waals surface area contributed by atoms with Gasteiger partial charge in [-0.05, 0) is 22.8 Å². The minimum atomic E-state index is -0.803. The van der Waals surface area contributed by atoms with Gasteiger partial charge < -0.3 is 5.11 Å². The van der Waals surface area contributed by atoms with E-state index in [0.29, 0.717) is 5.82 Å². The van der Waals surface area contributed by atoms with Gasteiger partial charge in [0.1, 0.15) is 0 Å². The van der Waals surface area contributed by atoms with E-state index in [1.165, 1.54) is 0 Å². The van der Waals surface area contributed by atoms with Gasteiger partial charge in [0.25, 0.3) is 0 Å². The molecule has 2 N–H and O–H groups in total. The second-order valence-corrected chi connectivity index (χ2v) is 3.86. The van der Waals surface area contributed by atoms with Crippen LogP contribution in [0.2, 0.25) is 0 Å². The molecule has 0 saturated carbocycles. The van der Waals surface area contributed by atoms with E-state index in [1.807, 2.05) is 31.2 Å². The molecule has 0 spiro atoms. The van der Waals surface area contributed by atoms with Crippen molar-refractivity contribution in [2.24, 2.45) is 0 Å². The molecule has 6 nitrogen and oxygen atoms in total. The zero-order chi connectivity index (χ0) is 12.3. The van der Waals surface area contributed by atoms with E-state index >= 15 is 0 Å². The monoisotopic (exact) mass is 232 g/mol. The molecule has 0 bridgehead atoms. The van der Waals surface area contributed by atoms with Crippen molar-refractivity contribution in [2.75, 3.05) is 0 Å². The van der Waals surface area contributed by atoms with Crippen LogP contribution in [0.4, 0.5) is 0 Å². The predicted molar refractivity (Wildman–Crippen MR) is 60.3 cm³/mol. The number of H-pyrrole nitrogens is 1. The maximum atomic E-state index is 10.7. The van der Waals surface area contributed by atoms with Crippen LogP contribution in [0, 0.1) is 0 Å². The normalized spacial score (nSPS) is 12.3. The Balaban J connectivity index is 2.25. The molecule has 88 valence electrons. The lowest BCUT2D eigenvalue weighted by molar-refractivity contribution is -0.137. The molecule has 0 radical (unpaired) electrons. The molecule has 1 unspecified atom stereocenters. The average Bonchev–Trinajstić information content (AvgIpc) is 2.82. The van der Waals surface area contributed by atoms with Gasteiger partial charge in [0, 0.05) is 5.56 Å². The Morgan fingerprint density at radius 2 is 2.35 bits per heavy atom. The van der Waals surface area contributed by atoms with Gasteiger partial charge in [-0.15, -0.1) is 10.2 Å². The Morgan fingerprint density at radius 1 is 1.53 bits per heavy atom. The molecule has 6 heteroatoms. The summed E-state index contributed by atoms with van der Waals surface area (Å²) in [5.74, 6) is -0.337. The van der Waals surface area contributed by atoms with Crippen molar-refractivity contribution in [3.8, 4) is 11.4 Å². The highest BCUT2D eigenvalue weighted by molar-refractivity contribution is 5.68. The third-order valence-corrected chi connectivity index (χ3v) is 2.54. The number of benzene rings is 1. The summed E-state index contributed by atoms with van der Waals surface area (Å²) in [5, 5.41) is 22.4. The first kappa shape index (κ1) is 11.3. The van der Waals surface area contributed by atoms with Gasteiger partial charge in [0.15, 0.2) is 0 Å². The van der Waals surface area contributed by atoms with Crippen LogP contribution in [-0.2, 0) is 4.79 Å². The van der Waals surface area contributed by atoms with Crippen molar-refractivity contribution in [1.29, 1.82) is 0 Å². The maximum Gasteiger partial charge on any atom is 0.303 e. The van der Waals surface area contributed by atoms with E-state index in [2.05, 4.69) is 20.6 Å². The van der Waals surface area contributed by atoms with Crippen molar-refractivity contribution in [1.82, 2.24) is 20.6 Å². The third kappa shape index (κ3) is 2.66. The number of aromatic amines is 1. The summed E-state index contributed by atoms with van der Waals surface area (Å²) in [7, 11) is 0. The maximum absolute atomic E-state index is 10.7. The largest absolute Gasteiger partial charge is 0.481 e. The number of nitrogens with one attached hydrogen (secondary N) is 1. The van der Waals surface area contributed by atoms with Crippen molar-refractivity contribution in [3.05, 3.63) is 29.8 Å².